The smallest absolute Gasteiger partial charge is 0.326 e. The number of hydrogen-bond donors (Lipinski definition) is 0. The fourth-order valence-corrected chi connectivity index (χ4v) is 4.44. The molecule has 0 N–H and O–H groups in total. The number of rotatable bonds is 4. The van der Waals surface area contributed by atoms with E-state index in [2.05, 4.69) is 20.9 Å². The lowest BCUT2D eigenvalue weighted by atomic mass is 10.2. The van der Waals surface area contributed by atoms with Crippen LogP contribution in [0.5, 0.6) is 11.5 Å². The number of hydrogen-bond acceptors (Lipinski definition) is 6. The number of thiazole rings is 1. The summed E-state index contributed by atoms with van der Waals surface area (Å²) in [7, 11) is 0. The molecule has 2 heterocycles. The van der Waals surface area contributed by atoms with Crippen LogP contribution >= 0.6 is 38.9 Å². The topological polar surface area (TPSA) is 79.1 Å². The molecule has 10 heteroatoms. The number of aromatic nitrogens is 1. The van der Waals surface area contributed by atoms with Crippen LogP contribution in [-0.2, 0) is 16.1 Å². The van der Waals surface area contributed by atoms with Crippen molar-refractivity contribution in [2.24, 2.45) is 4.99 Å². The van der Waals surface area contributed by atoms with Gasteiger partial charge in [0.05, 0.1) is 27.4 Å². The summed E-state index contributed by atoms with van der Waals surface area (Å²) in [6, 6.07) is 8.53. The highest BCUT2D eigenvalue weighted by atomic mass is 79.9. The van der Waals surface area contributed by atoms with Crippen molar-refractivity contribution in [3.8, 4) is 11.5 Å². The molecule has 0 unspecified atom stereocenters. The summed E-state index contributed by atoms with van der Waals surface area (Å²) in [5.41, 5.74) is 0.953. The maximum Gasteiger partial charge on any atom is 0.326 e. The van der Waals surface area contributed by atoms with Gasteiger partial charge in [0, 0.05) is 16.6 Å². The van der Waals surface area contributed by atoms with Crippen LogP contribution in [0.15, 0.2) is 39.8 Å². The molecule has 0 saturated carbocycles. The standard InChI is InChI=1S/C19H14BrClN2O5S/c1-2-26-17(24)8-23-13-6-14-15(28-9-27-14)7-16(13)29-19(23)22-18(25)11-5-10(20)3-4-12(11)21/h3-7H,2,8-9H2,1H3. The maximum absolute atomic E-state index is 12.8. The summed E-state index contributed by atoms with van der Waals surface area (Å²) in [6.07, 6.45) is 0. The van der Waals surface area contributed by atoms with Gasteiger partial charge in [-0.15, -0.1) is 0 Å². The van der Waals surface area contributed by atoms with Gasteiger partial charge in [-0.25, -0.2) is 0 Å². The Kier molecular flexibility index (Phi) is 5.62. The van der Waals surface area contributed by atoms with Crippen LogP contribution in [0.2, 0.25) is 5.02 Å². The predicted octanol–water partition coefficient (Wildman–Crippen LogP) is 4.15. The van der Waals surface area contributed by atoms with Crippen LogP contribution in [0.1, 0.15) is 17.3 Å². The van der Waals surface area contributed by atoms with Crippen LogP contribution in [0.3, 0.4) is 0 Å². The Hall–Kier alpha value is -2.36. The number of fused-ring (bicyclic) bond motifs is 2. The minimum Gasteiger partial charge on any atom is -0.465 e. The van der Waals surface area contributed by atoms with Gasteiger partial charge >= 0.3 is 5.97 Å². The third kappa shape index (κ3) is 4.03. The summed E-state index contributed by atoms with van der Waals surface area (Å²) < 4.78 is 19.1. The molecule has 4 rings (SSSR count). The monoisotopic (exact) mass is 496 g/mol. The zero-order valence-electron chi connectivity index (χ0n) is 15.1. The van der Waals surface area contributed by atoms with Crippen LogP contribution in [0.4, 0.5) is 0 Å². The summed E-state index contributed by atoms with van der Waals surface area (Å²) in [5.74, 6) is 0.232. The van der Waals surface area contributed by atoms with E-state index in [1.807, 2.05) is 0 Å². The molecule has 0 bridgehead atoms. The van der Waals surface area contributed by atoms with Gasteiger partial charge in [-0.05, 0) is 25.1 Å². The number of carbonyl (C=O) groups excluding carboxylic acids is 2. The second kappa shape index (κ2) is 8.17. The third-order valence-corrected chi connectivity index (χ3v) is 5.99. The molecule has 7 nitrogen and oxygen atoms in total. The number of halogens is 2. The van der Waals surface area contributed by atoms with E-state index >= 15 is 0 Å². The Labute approximate surface area is 182 Å². The zero-order chi connectivity index (χ0) is 20.5. The summed E-state index contributed by atoms with van der Waals surface area (Å²) >= 11 is 10.7. The number of ether oxygens (including phenoxy) is 3. The van der Waals surface area contributed by atoms with Crippen molar-refractivity contribution in [2.75, 3.05) is 13.4 Å². The Morgan fingerprint density at radius 2 is 2.03 bits per heavy atom. The third-order valence-electron chi connectivity index (χ3n) is 4.13. The molecule has 29 heavy (non-hydrogen) atoms. The summed E-state index contributed by atoms with van der Waals surface area (Å²) in [4.78, 5) is 29.5. The van der Waals surface area contributed by atoms with E-state index < -0.39 is 11.9 Å². The van der Waals surface area contributed by atoms with Gasteiger partial charge < -0.3 is 18.8 Å². The second-order valence-electron chi connectivity index (χ2n) is 5.99. The van der Waals surface area contributed by atoms with Crippen LogP contribution in [0.25, 0.3) is 10.2 Å². The van der Waals surface area contributed by atoms with Gasteiger partial charge in [0.2, 0.25) is 6.79 Å². The summed E-state index contributed by atoms with van der Waals surface area (Å²) in [5, 5.41) is 0.292. The van der Waals surface area contributed by atoms with E-state index in [4.69, 9.17) is 25.8 Å². The number of carbonyl (C=O) groups is 2. The molecule has 1 aromatic heterocycles. The van der Waals surface area contributed by atoms with Gasteiger partial charge in [-0.2, -0.15) is 4.99 Å². The predicted molar refractivity (Wildman–Crippen MR) is 112 cm³/mol. The van der Waals surface area contributed by atoms with Gasteiger partial charge in [0.15, 0.2) is 16.3 Å². The van der Waals surface area contributed by atoms with Crippen molar-refractivity contribution in [3.05, 3.63) is 50.2 Å². The zero-order valence-corrected chi connectivity index (χ0v) is 18.3. The van der Waals surface area contributed by atoms with Gasteiger partial charge in [0.1, 0.15) is 6.54 Å². The van der Waals surface area contributed by atoms with E-state index in [-0.39, 0.29) is 25.5 Å². The number of nitrogens with zero attached hydrogens (tertiary/aromatic N) is 2. The molecular formula is C19H14BrClN2O5S. The molecule has 0 atom stereocenters. The largest absolute Gasteiger partial charge is 0.465 e. The average molecular weight is 498 g/mol. The second-order valence-corrected chi connectivity index (χ2v) is 8.32. The number of amides is 1. The van der Waals surface area contributed by atoms with Crippen molar-refractivity contribution >= 4 is 61.0 Å². The van der Waals surface area contributed by atoms with Crippen molar-refractivity contribution in [1.82, 2.24) is 4.57 Å². The van der Waals surface area contributed by atoms with E-state index in [0.29, 0.717) is 31.3 Å². The molecule has 0 aliphatic carbocycles. The highest BCUT2D eigenvalue weighted by Gasteiger charge is 2.20. The number of benzene rings is 2. The van der Waals surface area contributed by atoms with Gasteiger partial charge in [0.25, 0.3) is 5.91 Å². The molecular weight excluding hydrogens is 484 g/mol. The normalized spacial score (nSPS) is 13.1. The molecule has 0 fully saturated rings. The maximum atomic E-state index is 12.8. The molecule has 0 radical (unpaired) electrons. The Bertz CT molecular complexity index is 1200. The first-order valence-electron chi connectivity index (χ1n) is 8.59. The molecule has 2 aromatic carbocycles. The number of esters is 1. The van der Waals surface area contributed by atoms with E-state index in [1.54, 1.807) is 41.8 Å². The summed E-state index contributed by atoms with van der Waals surface area (Å²) in [6.45, 7) is 2.04. The Balaban J connectivity index is 1.86. The molecule has 3 aromatic rings. The van der Waals surface area contributed by atoms with Crippen LogP contribution < -0.4 is 14.3 Å². The quantitative estimate of drug-likeness (QED) is 0.506. The fourth-order valence-electron chi connectivity index (χ4n) is 2.84. The first-order chi connectivity index (χ1) is 14.0. The minimum absolute atomic E-state index is 0.0915. The van der Waals surface area contributed by atoms with Crippen LogP contribution in [-0.4, -0.2) is 29.8 Å². The SMILES string of the molecule is CCOC(=O)Cn1c(=NC(=O)c2cc(Br)ccc2Cl)sc2cc3c(cc21)OCO3. The van der Waals surface area contributed by atoms with E-state index in [9.17, 15) is 9.59 Å². The highest BCUT2D eigenvalue weighted by molar-refractivity contribution is 9.10. The molecule has 0 spiro atoms. The Morgan fingerprint density at radius 3 is 2.79 bits per heavy atom. The molecule has 1 amide bonds. The van der Waals surface area contributed by atoms with Crippen LogP contribution in [0, 0.1) is 0 Å². The lowest BCUT2D eigenvalue weighted by Crippen LogP contribution is -2.23. The lowest BCUT2D eigenvalue weighted by Gasteiger charge is -2.06. The van der Waals surface area contributed by atoms with Gasteiger partial charge in [-0.1, -0.05) is 38.9 Å². The lowest BCUT2D eigenvalue weighted by molar-refractivity contribution is -0.143. The van der Waals surface area contributed by atoms with Crippen molar-refractivity contribution in [1.29, 1.82) is 0 Å². The van der Waals surface area contributed by atoms with Crippen molar-refractivity contribution in [3.63, 3.8) is 0 Å². The van der Waals surface area contributed by atoms with Gasteiger partial charge in [-0.3, -0.25) is 9.59 Å². The van der Waals surface area contributed by atoms with E-state index in [1.165, 1.54) is 11.3 Å². The fraction of sp³-hybridized carbons (Fsp3) is 0.211. The first kappa shape index (κ1) is 19.9. The molecule has 0 saturated heterocycles. The van der Waals surface area contributed by atoms with Crippen molar-refractivity contribution in [2.45, 2.75) is 13.5 Å². The Morgan fingerprint density at radius 1 is 1.28 bits per heavy atom. The molecule has 1 aliphatic rings. The molecule has 1 aliphatic heterocycles. The van der Waals surface area contributed by atoms with Crippen molar-refractivity contribution < 1.29 is 23.8 Å². The minimum atomic E-state index is -0.513. The first-order valence-corrected chi connectivity index (χ1v) is 10.6. The average Bonchev–Trinajstić information content (AvgIpc) is 3.26. The van der Waals surface area contributed by atoms with E-state index in [0.717, 1.165) is 4.70 Å². The highest BCUT2D eigenvalue weighted by Crippen LogP contribution is 2.37. The molecule has 150 valence electrons.